The van der Waals surface area contributed by atoms with E-state index in [2.05, 4.69) is 0 Å². The Bertz CT molecular complexity index is 808. The van der Waals surface area contributed by atoms with Gasteiger partial charge in [-0.05, 0) is 16.8 Å². The van der Waals surface area contributed by atoms with Gasteiger partial charge in [0.2, 0.25) is 5.91 Å². The van der Waals surface area contributed by atoms with E-state index in [1.165, 1.54) is 11.5 Å². The molecule has 2 amide bonds. The number of hydrogen-bond donors (Lipinski definition) is 4. The van der Waals surface area contributed by atoms with Crippen molar-refractivity contribution in [1.82, 2.24) is 5.48 Å². The van der Waals surface area contributed by atoms with Gasteiger partial charge in [0.05, 0.1) is 17.4 Å². The lowest BCUT2D eigenvalue weighted by Crippen LogP contribution is -2.24. The minimum atomic E-state index is -3.67. The molecule has 0 radical (unpaired) electrons. The van der Waals surface area contributed by atoms with Crippen LogP contribution in [-0.2, 0) is 10.1 Å². The molecule has 0 spiro atoms. The minimum Gasteiger partial charge on any atom is -0.366 e. The van der Waals surface area contributed by atoms with Crippen molar-refractivity contribution < 1.29 is 27.8 Å². The molecule has 2 rings (SSSR count). The first kappa shape index (κ1) is 17.6. The number of amides is 2. The first-order valence-electron chi connectivity index (χ1n) is 5.83. The summed E-state index contributed by atoms with van der Waals surface area (Å²) >= 11 is 0. The van der Waals surface area contributed by atoms with Gasteiger partial charge in [0.1, 0.15) is 0 Å². The lowest BCUT2D eigenvalue weighted by molar-refractivity contribution is 0.0704. The fourth-order valence-electron chi connectivity index (χ4n) is 1.78. The Balaban J connectivity index is 0.000000422. The lowest BCUT2D eigenvalue weighted by atomic mass is 9.98. The number of nitrogens with one attached hydrogen (secondary N) is 1. The molecule has 118 valence electrons. The molecule has 0 aromatic heterocycles. The molecule has 5 N–H and O–H groups in total. The molecule has 0 fully saturated rings. The molecule has 0 saturated heterocycles. The van der Waals surface area contributed by atoms with Crippen molar-refractivity contribution in [3.8, 4) is 0 Å². The summed E-state index contributed by atoms with van der Waals surface area (Å²) in [4.78, 5) is 22.8. The molecule has 9 heteroatoms. The van der Waals surface area contributed by atoms with Crippen LogP contribution in [0.4, 0.5) is 0 Å². The summed E-state index contributed by atoms with van der Waals surface area (Å²) in [5.74, 6) is -1.47. The van der Waals surface area contributed by atoms with Crippen LogP contribution in [0.25, 0.3) is 10.8 Å². The van der Waals surface area contributed by atoms with E-state index in [1.807, 2.05) is 6.07 Å². The van der Waals surface area contributed by atoms with E-state index in [-0.39, 0.29) is 11.1 Å². The van der Waals surface area contributed by atoms with Crippen molar-refractivity contribution in [2.45, 2.75) is 0 Å². The molecule has 2 aromatic rings. The number of carbonyl (C=O) groups excluding carboxylic acids is 2. The van der Waals surface area contributed by atoms with E-state index in [9.17, 15) is 18.0 Å². The van der Waals surface area contributed by atoms with Gasteiger partial charge in [-0.3, -0.25) is 19.3 Å². The molecule has 8 nitrogen and oxygen atoms in total. The Kier molecular flexibility index (Phi) is 5.57. The fourth-order valence-corrected chi connectivity index (χ4v) is 1.78. The van der Waals surface area contributed by atoms with Crippen LogP contribution in [0, 0.1) is 0 Å². The third kappa shape index (κ3) is 4.81. The third-order valence-electron chi connectivity index (χ3n) is 2.52. The zero-order valence-corrected chi connectivity index (χ0v) is 12.3. The molecule has 0 aliphatic carbocycles. The summed E-state index contributed by atoms with van der Waals surface area (Å²) in [6.07, 6.45) is 0.715. The number of primary amides is 1. The Morgan fingerprint density at radius 3 is 2.18 bits per heavy atom. The predicted octanol–water partition coefficient (Wildman–Crippen LogP) is 0.562. The van der Waals surface area contributed by atoms with Gasteiger partial charge in [-0.25, -0.2) is 5.48 Å². The van der Waals surface area contributed by atoms with Crippen molar-refractivity contribution >= 4 is 32.7 Å². The van der Waals surface area contributed by atoms with Crippen molar-refractivity contribution in [2.24, 2.45) is 5.73 Å². The summed E-state index contributed by atoms with van der Waals surface area (Å²) in [6, 6.07) is 10.2. The summed E-state index contributed by atoms with van der Waals surface area (Å²) in [6.45, 7) is 0. The first-order valence-corrected chi connectivity index (χ1v) is 7.68. The van der Waals surface area contributed by atoms with Crippen LogP contribution in [-0.4, -0.2) is 36.2 Å². The Morgan fingerprint density at radius 2 is 1.68 bits per heavy atom. The van der Waals surface area contributed by atoms with Gasteiger partial charge in [-0.15, -0.1) is 0 Å². The Labute approximate surface area is 126 Å². The molecule has 22 heavy (non-hydrogen) atoms. The minimum absolute atomic E-state index is 0.0789. The number of hydroxylamine groups is 1. The van der Waals surface area contributed by atoms with E-state index >= 15 is 0 Å². The number of nitrogens with two attached hydrogens (primary N) is 1. The highest BCUT2D eigenvalue weighted by Gasteiger charge is 2.17. The Hall–Kier alpha value is -2.49. The molecule has 2 aromatic carbocycles. The van der Waals surface area contributed by atoms with Crippen LogP contribution in [0.3, 0.4) is 0 Å². The van der Waals surface area contributed by atoms with Gasteiger partial charge in [0.25, 0.3) is 16.0 Å². The van der Waals surface area contributed by atoms with Gasteiger partial charge in [0.15, 0.2) is 0 Å². The summed E-state index contributed by atoms with van der Waals surface area (Å²) < 4.78 is 25.9. The normalized spacial score (nSPS) is 10.5. The quantitative estimate of drug-likeness (QED) is 0.360. The second kappa shape index (κ2) is 6.98. The third-order valence-corrected chi connectivity index (χ3v) is 2.52. The average molecular weight is 326 g/mol. The summed E-state index contributed by atoms with van der Waals surface area (Å²) in [7, 11) is -3.67. The summed E-state index contributed by atoms with van der Waals surface area (Å²) in [5.41, 5.74) is 6.88. The highest BCUT2D eigenvalue weighted by atomic mass is 32.2. The van der Waals surface area contributed by atoms with E-state index in [4.69, 9.17) is 15.5 Å². The highest BCUT2D eigenvalue weighted by Crippen LogP contribution is 2.22. The average Bonchev–Trinajstić information content (AvgIpc) is 2.43. The number of hydrogen-bond acceptors (Lipinski definition) is 5. The fraction of sp³-hybridized carbons (Fsp3) is 0.0769. The second-order valence-corrected chi connectivity index (χ2v) is 5.71. The SMILES string of the molecule is CS(=O)(=O)O.NC(=O)c1ccc2ccccc2c1C(=O)NO. The number of benzene rings is 2. The van der Waals surface area contributed by atoms with Crippen LogP contribution in [0.5, 0.6) is 0 Å². The molecule has 0 aliphatic heterocycles. The van der Waals surface area contributed by atoms with Gasteiger partial charge in [-0.1, -0.05) is 30.3 Å². The highest BCUT2D eigenvalue weighted by molar-refractivity contribution is 7.85. The number of carbonyl (C=O) groups is 2. The molecule has 0 saturated carbocycles. The van der Waals surface area contributed by atoms with E-state index in [0.29, 0.717) is 11.6 Å². The zero-order valence-electron chi connectivity index (χ0n) is 11.5. The number of fused-ring (bicyclic) bond motifs is 1. The maximum Gasteiger partial charge on any atom is 0.276 e. The maximum absolute atomic E-state index is 11.6. The van der Waals surface area contributed by atoms with Crippen molar-refractivity contribution in [2.75, 3.05) is 6.26 Å². The van der Waals surface area contributed by atoms with Gasteiger partial charge < -0.3 is 5.73 Å². The molecule has 0 bridgehead atoms. The van der Waals surface area contributed by atoms with Crippen molar-refractivity contribution in [1.29, 1.82) is 0 Å². The second-order valence-electron chi connectivity index (χ2n) is 4.25. The van der Waals surface area contributed by atoms with Crippen LogP contribution in [0.15, 0.2) is 36.4 Å². The van der Waals surface area contributed by atoms with E-state index in [0.717, 1.165) is 5.39 Å². The standard InChI is InChI=1S/C12H10N2O3.CH4O3S/c13-11(15)9-6-5-7-3-1-2-4-8(7)10(9)12(16)14-17;1-5(2,3)4/h1-6,17H,(H2,13,15)(H,14,16);1H3,(H,2,3,4). The molecular weight excluding hydrogens is 312 g/mol. The van der Waals surface area contributed by atoms with Crippen molar-refractivity contribution in [3.05, 3.63) is 47.5 Å². The van der Waals surface area contributed by atoms with E-state index in [1.54, 1.807) is 24.3 Å². The van der Waals surface area contributed by atoms with Crippen molar-refractivity contribution in [3.63, 3.8) is 0 Å². The van der Waals surface area contributed by atoms with Crippen LogP contribution >= 0.6 is 0 Å². The molecule has 0 heterocycles. The molecule has 0 unspecified atom stereocenters. The van der Waals surface area contributed by atoms with E-state index < -0.39 is 21.9 Å². The smallest absolute Gasteiger partial charge is 0.276 e. The predicted molar refractivity (Wildman–Crippen MR) is 79.2 cm³/mol. The first-order chi connectivity index (χ1) is 10.1. The van der Waals surface area contributed by atoms with Crippen LogP contribution < -0.4 is 11.2 Å². The molecule has 0 aliphatic rings. The largest absolute Gasteiger partial charge is 0.366 e. The van der Waals surface area contributed by atoms with Gasteiger partial charge >= 0.3 is 0 Å². The monoisotopic (exact) mass is 326 g/mol. The maximum atomic E-state index is 11.6. The van der Waals surface area contributed by atoms with Gasteiger partial charge in [0, 0.05) is 0 Å². The molecule has 0 atom stereocenters. The Morgan fingerprint density at radius 1 is 1.14 bits per heavy atom. The van der Waals surface area contributed by atoms with Gasteiger partial charge in [-0.2, -0.15) is 8.42 Å². The summed E-state index contributed by atoms with van der Waals surface area (Å²) in [5, 5.41) is 10.1. The number of rotatable bonds is 2. The molecular formula is C13H14N2O6S. The van der Waals surface area contributed by atoms with Crippen LogP contribution in [0.1, 0.15) is 20.7 Å². The van der Waals surface area contributed by atoms with Crippen LogP contribution in [0.2, 0.25) is 0 Å². The topological polar surface area (TPSA) is 147 Å². The lowest BCUT2D eigenvalue weighted by Gasteiger charge is -2.08. The zero-order chi connectivity index (χ0) is 16.9.